The Morgan fingerprint density at radius 3 is 2.28 bits per heavy atom. The van der Waals surface area contributed by atoms with E-state index in [4.69, 9.17) is 5.73 Å². The highest BCUT2D eigenvalue weighted by molar-refractivity contribution is 6.24. The van der Waals surface area contributed by atoms with Gasteiger partial charge in [-0.25, -0.2) is 0 Å². The van der Waals surface area contributed by atoms with Crippen molar-refractivity contribution >= 4 is 28.9 Å². The van der Waals surface area contributed by atoms with E-state index in [9.17, 15) is 34.8 Å². The maximum Gasteiger partial charge on any atom is 0.255 e. The van der Waals surface area contributed by atoms with Crippen molar-refractivity contribution in [1.29, 1.82) is 0 Å². The first-order valence-corrected chi connectivity index (χ1v) is 14.5. The number of carbonyl (C=O) groups excluding carboxylic acids is 3. The minimum atomic E-state index is -2.65. The number of aliphatic hydroxyl groups is 3. The summed E-state index contributed by atoms with van der Waals surface area (Å²) in [6.45, 7) is 0. The number of phenols is 1. The van der Waals surface area contributed by atoms with E-state index in [-0.39, 0.29) is 29.7 Å². The van der Waals surface area contributed by atoms with Gasteiger partial charge in [0.2, 0.25) is 5.78 Å². The number of phenolic OH excluding ortho intramolecular Hbond substituents is 1. The van der Waals surface area contributed by atoms with Crippen molar-refractivity contribution in [3.05, 3.63) is 75.6 Å². The van der Waals surface area contributed by atoms with E-state index < -0.39 is 58.0 Å². The highest BCUT2D eigenvalue weighted by atomic mass is 16.3. The Balaban J connectivity index is 1.58. The summed E-state index contributed by atoms with van der Waals surface area (Å²) < 4.78 is 0. The number of Topliss-reactive ketones (excluding diaryl/α,β-unsaturated/α-hetero) is 2. The van der Waals surface area contributed by atoms with Crippen LogP contribution in [0.15, 0.2) is 53.3 Å². The number of aliphatic hydroxyl groups excluding tert-OH is 2. The number of rotatable bonds is 8. The third-order valence-electron chi connectivity index (χ3n) is 9.26. The molecule has 43 heavy (non-hydrogen) atoms. The van der Waals surface area contributed by atoms with Gasteiger partial charge < -0.3 is 31.1 Å². The lowest BCUT2D eigenvalue weighted by atomic mass is 9.57. The molecule has 2 aromatic rings. The third kappa shape index (κ3) is 4.78. The molecule has 6 N–H and O–H groups in total. The van der Waals surface area contributed by atoms with Gasteiger partial charge in [0, 0.05) is 31.3 Å². The molecule has 10 heteroatoms. The number of fused-ring (bicyclic) bond motifs is 3. The fourth-order valence-electron chi connectivity index (χ4n) is 7.22. The molecule has 3 aliphatic carbocycles. The second kappa shape index (κ2) is 11.2. The Kier molecular flexibility index (Phi) is 7.87. The van der Waals surface area contributed by atoms with Crippen molar-refractivity contribution in [3.8, 4) is 5.75 Å². The molecule has 5 rings (SSSR count). The van der Waals surface area contributed by atoms with Crippen molar-refractivity contribution in [2.24, 2.45) is 17.6 Å². The monoisotopic (exact) mass is 589 g/mol. The first kappa shape index (κ1) is 30.3. The average molecular weight is 590 g/mol. The molecule has 1 fully saturated rings. The van der Waals surface area contributed by atoms with Gasteiger partial charge in [-0.3, -0.25) is 19.3 Å². The molecule has 1 unspecified atom stereocenters. The van der Waals surface area contributed by atoms with E-state index in [1.807, 2.05) is 43.3 Å². The van der Waals surface area contributed by atoms with Crippen LogP contribution in [-0.4, -0.2) is 82.6 Å². The van der Waals surface area contributed by atoms with Crippen molar-refractivity contribution in [3.63, 3.8) is 0 Å². The number of aromatic hydroxyl groups is 1. The number of nitrogens with zero attached hydrogens (tertiary/aromatic N) is 2. The molecular formula is C33H39N3O7. The second-order valence-electron chi connectivity index (χ2n) is 12.3. The SMILES string of the molecule is CN(C)c1cc(CCCCc2ccccc2)c(O)c2c1C[C@H]1C[C@@H]3C(N(C)C)C(=O)C(C(N)=O)=C(O)[C@@]3(O)C(=O)C1=C2O. The quantitative estimate of drug-likeness (QED) is 0.230. The van der Waals surface area contributed by atoms with Gasteiger partial charge >= 0.3 is 0 Å². The van der Waals surface area contributed by atoms with Crippen LogP contribution >= 0.6 is 0 Å². The highest BCUT2D eigenvalue weighted by Crippen LogP contribution is 2.54. The summed E-state index contributed by atoms with van der Waals surface area (Å²) in [5.74, 6) is -6.44. The molecule has 10 nitrogen and oxygen atoms in total. The van der Waals surface area contributed by atoms with Crippen LogP contribution in [-0.2, 0) is 33.6 Å². The number of carbonyl (C=O) groups is 3. The van der Waals surface area contributed by atoms with E-state index in [2.05, 4.69) is 12.1 Å². The Labute approximate surface area is 250 Å². The molecule has 0 aliphatic heterocycles. The lowest BCUT2D eigenvalue weighted by Crippen LogP contribution is -2.65. The number of aryl methyl sites for hydroxylation is 2. The Bertz CT molecular complexity index is 1560. The van der Waals surface area contributed by atoms with Crippen LogP contribution in [0.3, 0.4) is 0 Å². The molecule has 228 valence electrons. The Morgan fingerprint density at radius 2 is 1.67 bits per heavy atom. The topological polar surface area (TPSA) is 165 Å². The largest absolute Gasteiger partial charge is 0.508 e. The van der Waals surface area contributed by atoms with Gasteiger partial charge in [0.25, 0.3) is 5.91 Å². The third-order valence-corrected chi connectivity index (χ3v) is 9.26. The molecule has 1 saturated carbocycles. The maximum absolute atomic E-state index is 14.1. The number of likely N-dealkylation sites (N-methyl/N-ethyl adjacent to an activating group) is 1. The number of nitrogens with two attached hydrogens (primary N) is 1. The van der Waals surface area contributed by atoms with Crippen molar-refractivity contribution in [2.75, 3.05) is 33.1 Å². The summed E-state index contributed by atoms with van der Waals surface area (Å²) in [5, 5.41) is 46.0. The van der Waals surface area contributed by atoms with Crippen LogP contribution < -0.4 is 10.6 Å². The van der Waals surface area contributed by atoms with Crippen molar-refractivity contribution in [2.45, 2.75) is 50.2 Å². The molecule has 0 saturated heterocycles. The zero-order chi connectivity index (χ0) is 31.4. The van der Waals surface area contributed by atoms with E-state index in [1.54, 1.807) is 14.1 Å². The minimum absolute atomic E-state index is 0.0562. The number of ketones is 2. The van der Waals surface area contributed by atoms with Gasteiger partial charge in [0.15, 0.2) is 11.4 Å². The number of anilines is 1. The van der Waals surface area contributed by atoms with Gasteiger partial charge in [-0.2, -0.15) is 0 Å². The molecule has 0 radical (unpaired) electrons. The van der Waals surface area contributed by atoms with Gasteiger partial charge in [-0.05, 0) is 81.3 Å². The Morgan fingerprint density at radius 1 is 1.02 bits per heavy atom. The lowest BCUT2D eigenvalue weighted by molar-refractivity contribution is -0.153. The summed E-state index contributed by atoms with van der Waals surface area (Å²) in [7, 11) is 6.89. The van der Waals surface area contributed by atoms with Gasteiger partial charge in [-0.1, -0.05) is 30.3 Å². The number of hydrogen-bond donors (Lipinski definition) is 5. The zero-order valence-corrected chi connectivity index (χ0v) is 24.9. The fraction of sp³-hybridized carbons (Fsp3) is 0.424. The standard InChI is InChI=1S/C33H39N3O7/c1-35(2)22-16-18(13-9-8-12-17-10-6-5-7-11-17)27(37)24-20(22)14-19-15-21-26(36(3)4)29(39)25(32(34)42)31(41)33(21,43)30(40)23(19)28(24)38/h5-7,10-11,16,19,21,26,37-38,41,43H,8-9,12-15H2,1-4H3,(H2,34,42)/t19-,21+,26?,33-/m0/s1. The first-order chi connectivity index (χ1) is 20.3. The molecule has 4 atom stereocenters. The zero-order valence-electron chi connectivity index (χ0n) is 24.9. The molecule has 2 aromatic carbocycles. The van der Waals surface area contributed by atoms with Crippen LogP contribution in [0.1, 0.15) is 41.5 Å². The summed E-state index contributed by atoms with van der Waals surface area (Å²) in [5.41, 5.74) is 5.20. The maximum atomic E-state index is 14.1. The minimum Gasteiger partial charge on any atom is -0.508 e. The molecule has 0 heterocycles. The van der Waals surface area contributed by atoms with Crippen LogP contribution in [0.2, 0.25) is 0 Å². The lowest BCUT2D eigenvalue weighted by Gasteiger charge is -2.50. The van der Waals surface area contributed by atoms with Gasteiger partial charge in [0.05, 0.1) is 11.6 Å². The molecular weight excluding hydrogens is 550 g/mol. The molecule has 3 aliphatic rings. The first-order valence-electron chi connectivity index (χ1n) is 14.5. The number of hydrogen-bond acceptors (Lipinski definition) is 9. The van der Waals surface area contributed by atoms with Crippen molar-refractivity contribution < 1.29 is 34.8 Å². The predicted molar refractivity (Wildman–Crippen MR) is 162 cm³/mol. The van der Waals surface area contributed by atoms with E-state index in [0.29, 0.717) is 17.5 Å². The number of unbranched alkanes of at least 4 members (excludes halogenated alkanes) is 1. The molecule has 0 bridgehead atoms. The van der Waals surface area contributed by atoms with Gasteiger partial charge in [-0.15, -0.1) is 0 Å². The average Bonchev–Trinajstić information content (AvgIpc) is 2.94. The van der Waals surface area contributed by atoms with Crippen LogP contribution in [0.4, 0.5) is 5.69 Å². The number of primary amides is 1. The fourth-order valence-corrected chi connectivity index (χ4v) is 7.22. The van der Waals surface area contributed by atoms with Crippen LogP contribution in [0.25, 0.3) is 5.76 Å². The normalized spacial score (nSPS) is 25.0. The molecule has 0 spiro atoms. The second-order valence-corrected chi connectivity index (χ2v) is 12.3. The Hall–Kier alpha value is -4.15. The van der Waals surface area contributed by atoms with E-state index in [0.717, 1.165) is 24.9 Å². The summed E-state index contributed by atoms with van der Waals surface area (Å²) in [4.78, 5) is 43.0. The number of amides is 1. The van der Waals surface area contributed by atoms with E-state index in [1.165, 1.54) is 10.5 Å². The summed E-state index contributed by atoms with van der Waals surface area (Å²) >= 11 is 0. The smallest absolute Gasteiger partial charge is 0.255 e. The summed E-state index contributed by atoms with van der Waals surface area (Å²) in [6, 6.07) is 10.9. The van der Waals surface area contributed by atoms with E-state index >= 15 is 0 Å². The highest BCUT2D eigenvalue weighted by Gasteiger charge is 2.64. The molecule has 1 amide bonds. The predicted octanol–water partition coefficient (Wildman–Crippen LogP) is 2.60. The van der Waals surface area contributed by atoms with Crippen LogP contribution in [0.5, 0.6) is 5.75 Å². The number of benzene rings is 2. The molecule has 0 aromatic heterocycles. The van der Waals surface area contributed by atoms with Crippen LogP contribution in [0, 0.1) is 11.8 Å². The van der Waals surface area contributed by atoms with Gasteiger partial charge in [0.1, 0.15) is 22.8 Å². The summed E-state index contributed by atoms with van der Waals surface area (Å²) in [6.07, 6.45) is 3.41. The van der Waals surface area contributed by atoms with Crippen molar-refractivity contribution in [1.82, 2.24) is 4.90 Å².